The van der Waals surface area contributed by atoms with Crippen LogP contribution in [0.5, 0.6) is 5.75 Å². The fraction of sp³-hybridized carbons (Fsp3) is 0.250. The third-order valence-electron chi connectivity index (χ3n) is 3.23. The van der Waals surface area contributed by atoms with E-state index >= 15 is 0 Å². The van der Waals surface area contributed by atoms with Crippen LogP contribution in [-0.2, 0) is 6.54 Å². The Kier molecular flexibility index (Phi) is 3.75. The fourth-order valence-corrected chi connectivity index (χ4v) is 3.11. The molecule has 3 rings (SSSR count). The number of ether oxygens (including phenoxy) is 1. The number of benzene rings is 1. The number of rotatable bonds is 4. The maximum Gasteiger partial charge on any atom is 0.271 e. The Morgan fingerprint density at radius 3 is 2.76 bits per heavy atom. The molecule has 3 aromatic rings. The molecule has 4 nitrogen and oxygen atoms in total. The summed E-state index contributed by atoms with van der Waals surface area (Å²) in [5.74, 6) is 0.839. The molecule has 0 atom stereocenters. The molecule has 0 aliphatic carbocycles. The molecule has 0 saturated carbocycles. The molecule has 0 unspecified atom stereocenters. The number of hydrogen-bond donors (Lipinski definition) is 0. The minimum atomic E-state index is -0.000905. The third-order valence-corrected chi connectivity index (χ3v) is 4.12. The number of aromatic nitrogens is 2. The van der Waals surface area contributed by atoms with Crippen LogP contribution in [0.3, 0.4) is 0 Å². The molecule has 0 spiro atoms. The van der Waals surface area contributed by atoms with Crippen LogP contribution in [0.2, 0.25) is 0 Å². The predicted molar refractivity (Wildman–Crippen MR) is 85.3 cm³/mol. The summed E-state index contributed by atoms with van der Waals surface area (Å²) in [6.45, 7) is 5.02. The van der Waals surface area contributed by atoms with E-state index in [-0.39, 0.29) is 5.56 Å². The summed E-state index contributed by atoms with van der Waals surface area (Å²) in [6, 6.07) is 7.96. The highest BCUT2D eigenvalue weighted by molar-refractivity contribution is 7.17. The Morgan fingerprint density at radius 2 is 2.00 bits per heavy atom. The van der Waals surface area contributed by atoms with Crippen molar-refractivity contribution in [2.75, 3.05) is 6.61 Å². The highest BCUT2D eigenvalue weighted by atomic mass is 32.1. The van der Waals surface area contributed by atoms with Gasteiger partial charge in [-0.3, -0.25) is 9.36 Å². The smallest absolute Gasteiger partial charge is 0.271 e. The van der Waals surface area contributed by atoms with Gasteiger partial charge < -0.3 is 4.74 Å². The Bertz CT molecular complexity index is 815. The number of aryl methyl sites for hydroxylation is 2. The highest BCUT2D eigenvalue weighted by Gasteiger charge is 2.05. The van der Waals surface area contributed by atoms with Gasteiger partial charge in [-0.15, -0.1) is 11.3 Å². The molecule has 0 aliphatic heterocycles. The minimum absolute atomic E-state index is 0.000905. The summed E-state index contributed by atoms with van der Waals surface area (Å²) < 4.78 is 8.03. The van der Waals surface area contributed by atoms with Crippen LogP contribution in [0.4, 0.5) is 0 Å². The van der Waals surface area contributed by atoms with Gasteiger partial charge in [0.2, 0.25) is 0 Å². The molecule has 0 aliphatic rings. The van der Waals surface area contributed by atoms with Gasteiger partial charge in [0, 0.05) is 0 Å². The minimum Gasteiger partial charge on any atom is -0.492 e. The van der Waals surface area contributed by atoms with Crippen molar-refractivity contribution in [2.45, 2.75) is 20.4 Å². The van der Waals surface area contributed by atoms with Crippen LogP contribution in [0.25, 0.3) is 10.2 Å². The van der Waals surface area contributed by atoms with E-state index in [0.29, 0.717) is 17.9 Å². The van der Waals surface area contributed by atoms with Gasteiger partial charge in [0.1, 0.15) is 17.1 Å². The summed E-state index contributed by atoms with van der Waals surface area (Å²) in [4.78, 5) is 16.5. The van der Waals surface area contributed by atoms with E-state index in [4.69, 9.17) is 4.74 Å². The molecule has 2 heterocycles. The third kappa shape index (κ3) is 2.97. The maximum atomic E-state index is 12.2. The molecule has 0 amide bonds. The molecule has 1 aromatic carbocycles. The maximum absolute atomic E-state index is 12.2. The van der Waals surface area contributed by atoms with Gasteiger partial charge in [-0.1, -0.05) is 6.07 Å². The molecule has 0 bridgehead atoms. The van der Waals surface area contributed by atoms with Crippen LogP contribution < -0.4 is 10.3 Å². The lowest BCUT2D eigenvalue weighted by Gasteiger charge is -2.09. The Morgan fingerprint density at radius 1 is 1.24 bits per heavy atom. The van der Waals surface area contributed by atoms with E-state index in [2.05, 4.69) is 11.1 Å². The van der Waals surface area contributed by atoms with E-state index < -0.39 is 0 Å². The first-order valence-electron chi connectivity index (χ1n) is 6.77. The normalized spacial score (nSPS) is 11.0. The van der Waals surface area contributed by atoms with Crippen molar-refractivity contribution < 1.29 is 4.74 Å². The highest BCUT2D eigenvalue weighted by Crippen LogP contribution is 2.16. The van der Waals surface area contributed by atoms with Crippen molar-refractivity contribution in [1.29, 1.82) is 0 Å². The molecule has 0 N–H and O–H groups in total. The van der Waals surface area contributed by atoms with Crippen LogP contribution in [0.1, 0.15) is 11.1 Å². The lowest BCUT2D eigenvalue weighted by molar-refractivity contribution is 0.295. The molecular weight excluding hydrogens is 284 g/mol. The molecule has 2 aromatic heterocycles. The largest absolute Gasteiger partial charge is 0.492 e. The lowest BCUT2D eigenvalue weighted by atomic mass is 10.1. The van der Waals surface area contributed by atoms with Crippen molar-refractivity contribution >= 4 is 21.6 Å². The average molecular weight is 300 g/mol. The zero-order valence-corrected chi connectivity index (χ0v) is 12.8. The molecule has 0 fully saturated rings. The second-order valence-electron chi connectivity index (χ2n) is 5.05. The van der Waals surface area contributed by atoms with E-state index in [1.165, 1.54) is 22.5 Å². The van der Waals surface area contributed by atoms with Gasteiger partial charge in [0.15, 0.2) is 0 Å². The zero-order valence-electron chi connectivity index (χ0n) is 12.0. The van der Waals surface area contributed by atoms with Crippen molar-refractivity contribution in [1.82, 2.24) is 9.55 Å². The second kappa shape index (κ2) is 5.69. The first kappa shape index (κ1) is 13.8. The van der Waals surface area contributed by atoms with Gasteiger partial charge >= 0.3 is 0 Å². The number of thiophene rings is 1. The van der Waals surface area contributed by atoms with Gasteiger partial charge in [-0.25, -0.2) is 4.98 Å². The number of hydrogen-bond acceptors (Lipinski definition) is 4. The second-order valence-corrected chi connectivity index (χ2v) is 5.97. The summed E-state index contributed by atoms with van der Waals surface area (Å²) in [5, 5.41) is 1.88. The van der Waals surface area contributed by atoms with E-state index in [1.807, 2.05) is 37.4 Å². The van der Waals surface area contributed by atoms with Gasteiger partial charge in [0.05, 0.1) is 18.4 Å². The quantitative estimate of drug-likeness (QED) is 0.743. The van der Waals surface area contributed by atoms with Crippen molar-refractivity contribution in [3.8, 4) is 5.75 Å². The molecule has 0 radical (unpaired) electrons. The topological polar surface area (TPSA) is 44.1 Å². The first-order chi connectivity index (χ1) is 10.1. The summed E-state index contributed by atoms with van der Waals surface area (Å²) in [6.07, 6.45) is 1.59. The average Bonchev–Trinajstić information content (AvgIpc) is 2.89. The molecule has 0 saturated heterocycles. The van der Waals surface area contributed by atoms with Crippen molar-refractivity contribution in [3.05, 3.63) is 57.5 Å². The summed E-state index contributed by atoms with van der Waals surface area (Å²) in [5.41, 5.74) is 3.10. The summed E-state index contributed by atoms with van der Waals surface area (Å²) in [7, 11) is 0. The van der Waals surface area contributed by atoms with Crippen LogP contribution >= 0.6 is 11.3 Å². The number of nitrogens with zero attached hydrogens (tertiary/aromatic N) is 2. The lowest BCUT2D eigenvalue weighted by Crippen LogP contribution is -2.22. The SMILES string of the molecule is Cc1cc(C)cc(OCCn2cnc3ccsc3c2=O)c1. The molecular formula is C16H16N2O2S. The van der Waals surface area contributed by atoms with Gasteiger partial charge in [-0.05, 0) is 48.6 Å². The van der Waals surface area contributed by atoms with Crippen LogP contribution in [0.15, 0.2) is 40.8 Å². The monoisotopic (exact) mass is 300 g/mol. The Hall–Kier alpha value is -2.14. The first-order valence-corrected chi connectivity index (χ1v) is 7.65. The standard InChI is InChI=1S/C16H16N2O2S/c1-11-7-12(2)9-13(8-11)20-5-4-18-10-17-14-3-6-21-15(14)16(18)19/h3,6-10H,4-5H2,1-2H3. The van der Waals surface area contributed by atoms with Gasteiger partial charge in [-0.2, -0.15) is 0 Å². The number of fused-ring (bicyclic) bond motifs is 1. The van der Waals surface area contributed by atoms with Crippen LogP contribution in [0, 0.1) is 13.8 Å². The molecule has 21 heavy (non-hydrogen) atoms. The Balaban J connectivity index is 1.72. The van der Waals surface area contributed by atoms with E-state index in [9.17, 15) is 4.79 Å². The van der Waals surface area contributed by atoms with E-state index in [0.717, 1.165) is 11.3 Å². The summed E-state index contributed by atoms with van der Waals surface area (Å²) >= 11 is 1.43. The predicted octanol–water partition coefficient (Wildman–Crippen LogP) is 3.15. The van der Waals surface area contributed by atoms with Crippen LogP contribution in [-0.4, -0.2) is 16.2 Å². The molecule has 108 valence electrons. The zero-order chi connectivity index (χ0) is 14.8. The van der Waals surface area contributed by atoms with Gasteiger partial charge in [0.25, 0.3) is 5.56 Å². The van der Waals surface area contributed by atoms with E-state index in [1.54, 1.807) is 10.9 Å². The Labute approximate surface area is 126 Å². The van der Waals surface area contributed by atoms with Crippen molar-refractivity contribution in [2.24, 2.45) is 0 Å². The fourth-order valence-electron chi connectivity index (χ4n) is 2.32. The van der Waals surface area contributed by atoms with Crippen molar-refractivity contribution in [3.63, 3.8) is 0 Å². The molecule has 5 heteroatoms.